The van der Waals surface area contributed by atoms with E-state index in [-0.39, 0.29) is 0 Å². The van der Waals surface area contributed by atoms with Crippen molar-refractivity contribution in [3.8, 4) is 0 Å². The van der Waals surface area contributed by atoms with Crippen LogP contribution in [-0.4, -0.2) is 13.6 Å². The standard InChI is InChI=1S/C13H19N/c1-14-10-9-11-5-7-13(8-6-11)12-3-2-4-12/h5-8,12,14H,2-4,9-10H2,1H3. The number of benzene rings is 1. The summed E-state index contributed by atoms with van der Waals surface area (Å²) >= 11 is 0. The van der Waals surface area contributed by atoms with Gasteiger partial charge in [0.25, 0.3) is 0 Å². The van der Waals surface area contributed by atoms with E-state index in [1.54, 1.807) is 5.56 Å². The van der Waals surface area contributed by atoms with E-state index in [1.807, 2.05) is 7.05 Å². The van der Waals surface area contributed by atoms with Crippen LogP contribution in [0.2, 0.25) is 0 Å². The third kappa shape index (κ3) is 2.16. The Hall–Kier alpha value is -0.820. The molecule has 0 saturated heterocycles. The minimum Gasteiger partial charge on any atom is -0.319 e. The molecule has 0 amide bonds. The molecular weight excluding hydrogens is 170 g/mol. The van der Waals surface area contributed by atoms with Gasteiger partial charge in [0.05, 0.1) is 0 Å². The van der Waals surface area contributed by atoms with E-state index in [9.17, 15) is 0 Å². The molecule has 0 spiro atoms. The molecule has 0 bridgehead atoms. The van der Waals surface area contributed by atoms with Gasteiger partial charge in [-0.25, -0.2) is 0 Å². The average Bonchev–Trinajstić information content (AvgIpc) is 2.14. The van der Waals surface area contributed by atoms with E-state index in [2.05, 4.69) is 29.6 Å². The van der Waals surface area contributed by atoms with Gasteiger partial charge in [0.2, 0.25) is 0 Å². The van der Waals surface area contributed by atoms with E-state index in [0.717, 1.165) is 18.9 Å². The fourth-order valence-corrected chi connectivity index (χ4v) is 1.97. The van der Waals surface area contributed by atoms with Crippen LogP contribution in [0.5, 0.6) is 0 Å². The van der Waals surface area contributed by atoms with Crippen molar-refractivity contribution >= 4 is 0 Å². The van der Waals surface area contributed by atoms with Crippen molar-refractivity contribution in [1.82, 2.24) is 5.32 Å². The van der Waals surface area contributed by atoms with Crippen LogP contribution in [0.3, 0.4) is 0 Å². The van der Waals surface area contributed by atoms with Crippen molar-refractivity contribution in [3.05, 3.63) is 35.4 Å². The number of hydrogen-bond donors (Lipinski definition) is 1. The average molecular weight is 189 g/mol. The molecule has 0 aliphatic heterocycles. The van der Waals surface area contributed by atoms with Crippen LogP contribution < -0.4 is 5.32 Å². The molecule has 1 aliphatic rings. The lowest BCUT2D eigenvalue weighted by molar-refractivity contribution is 0.419. The minimum absolute atomic E-state index is 0.869. The number of rotatable bonds is 4. The third-order valence-corrected chi connectivity index (χ3v) is 3.22. The first-order chi connectivity index (χ1) is 6.90. The zero-order valence-corrected chi connectivity index (χ0v) is 8.92. The smallest absolute Gasteiger partial charge is 0.00114 e. The molecule has 76 valence electrons. The van der Waals surface area contributed by atoms with Gasteiger partial charge in [0.15, 0.2) is 0 Å². The first-order valence-electron chi connectivity index (χ1n) is 5.63. The second kappa shape index (κ2) is 4.61. The lowest BCUT2D eigenvalue weighted by atomic mass is 9.80. The Morgan fingerprint density at radius 2 is 1.93 bits per heavy atom. The van der Waals surface area contributed by atoms with Gasteiger partial charge in [-0.2, -0.15) is 0 Å². The van der Waals surface area contributed by atoms with E-state index < -0.39 is 0 Å². The molecular formula is C13H19N. The van der Waals surface area contributed by atoms with Crippen molar-refractivity contribution < 1.29 is 0 Å². The molecule has 1 heteroatoms. The van der Waals surface area contributed by atoms with Crippen LogP contribution in [0.4, 0.5) is 0 Å². The molecule has 0 aromatic heterocycles. The summed E-state index contributed by atoms with van der Waals surface area (Å²) in [6.07, 6.45) is 5.36. The van der Waals surface area contributed by atoms with Gasteiger partial charge < -0.3 is 5.32 Å². The summed E-state index contributed by atoms with van der Waals surface area (Å²) in [6.45, 7) is 1.07. The van der Waals surface area contributed by atoms with Crippen molar-refractivity contribution in [1.29, 1.82) is 0 Å². The Morgan fingerprint density at radius 3 is 2.43 bits per heavy atom. The lowest BCUT2D eigenvalue weighted by Gasteiger charge is -2.25. The van der Waals surface area contributed by atoms with Crippen molar-refractivity contribution in [3.63, 3.8) is 0 Å². The Labute approximate surface area is 86.5 Å². The molecule has 0 heterocycles. The van der Waals surface area contributed by atoms with E-state index in [1.165, 1.54) is 24.8 Å². The fraction of sp³-hybridized carbons (Fsp3) is 0.538. The second-order valence-electron chi connectivity index (χ2n) is 4.22. The maximum atomic E-state index is 3.18. The Balaban J connectivity index is 1.95. The summed E-state index contributed by atoms with van der Waals surface area (Å²) < 4.78 is 0. The summed E-state index contributed by atoms with van der Waals surface area (Å²) in [4.78, 5) is 0. The van der Waals surface area contributed by atoms with Crippen molar-refractivity contribution in [2.24, 2.45) is 0 Å². The SMILES string of the molecule is CNCCc1ccc(C2CCC2)cc1. The molecule has 1 nitrogen and oxygen atoms in total. The van der Waals surface area contributed by atoms with Gasteiger partial charge in [-0.1, -0.05) is 30.7 Å². The Bertz CT molecular complexity index is 272. The number of likely N-dealkylation sites (N-methyl/N-ethyl adjacent to an activating group) is 1. The van der Waals surface area contributed by atoms with Gasteiger partial charge in [-0.05, 0) is 49.9 Å². The highest BCUT2D eigenvalue weighted by atomic mass is 14.8. The Morgan fingerprint density at radius 1 is 1.21 bits per heavy atom. The van der Waals surface area contributed by atoms with E-state index in [4.69, 9.17) is 0 Å². The van der Waals surface area contributed by atoms with Crippen LogP contribution >= 0.6 is 0 Å². The maximum Gasteiger partial charge on any atom is -0.00114 e. The monoisotopic (exact) mass is 189 g/mol. The molecule has 1 fully saturated rings. The normalized spacial score (nSPS) is 16.6. The van der Waals surface area contributed by atoms with Crippen LogP contribution in [0.25, 0.3) is 0 Å². The van der Waals surface area contributed by atoms with E-state index >= 15 is 0 Å². The summed E-state index contributed by atoms with van der Waals surface area (Å²) in [5, 5.41) is 3.18. The first-order valence-corrected chi connectivity index (χ1v) is 5.63. The van der Waals surface area contributed by atoms with Crippen LogP contribution in [0, 0.1) is 0 Å². The van der Waals surface area contributed by atoms with Gasteiger partial charge in [-0.15, -0.1) is 0 Å². The van der Waals surface area contributed by atoms with Gasteiger partial charge >= 0.3 is 0 Å². The molecule has 1 aliphatic carbocycles. The molecule has 1 aromatic rings. The first kappa shape index (κ1) is 9.72. The highest BCUT2D eigenvalue weighted by Gasteiger charge is 2.18. The highest BCUT2D eigenvalue weighted by Crippen LogP contribution is 2.36. The zero-order valence-electron chi connectivity index (χ0n) is 8.92. The number of hydrogen-bond acceptors (Lipinski definition) is 1. The molecule has 1 aromatic carbocycles. The predicted molar refractivity (Wildman–Crippen MR) is 60.7 cm³/mol. The van der Waals surface area contributed by atoms with Gasteiger partial charge in [-0.3, -0.25) is 0 Å². The molecule has 1 N–H and O–H groups in total. The second-order valence-corrected chi connectivity index (χ2v) is 4.22. The molecule has 0 atom stereocenters. The summed E-state index contributed by atoms with van der Waals surface area (Å²) in [7, 11) is 2.00. The van der Waals surface area contributed by atoms with Crippen LogP contribution in [-0.2, 0) is 6.42 Å². The molecule has 1 saturated carbocycles. The highest BCUT2D eigenvalue weighted by molar-refractivity contribution is 5.26. The van der Waals surface area contributed by atoms with Crippen LogP contribution in [0.1, 0.15) is 36.3 Å². The van der Waals surface area contributed by atoms with Gasteiger partial charge in [0.1, 0.15) is 0 Å². The largest absolute Gasteiger partial charge is 0.319 e. The summed E-state index contributed by atoms with van der Waals surface area (Å²) in [5.41, 5.74) is 2.99. The third-order valence-electron chi connectivity index (χ3n) is 3.22. The van der Waals surface area contributed by atoms with Crippen molar-refractivity contribution in [2.45, 2.75) is 31.6 Å². The topological polar surface area (TPSA) is 12.0 Å². The predicted octanol–water partition coefficient (Wildman–Crippen LogP) is 2.72. The molecule has 14 heavy (non-hydrogen) atoms. The molecule has 0 unspecified atom stereocenters. The van der Waals surface area contributed by atoms with Crippen molar-refractivity contribution in [2.75, 3.05) is 13.6 Å². The maximum absolute atomic E-state index is 3.18. The Kier molecular flexibility index (Phi) is 3.20. The summed E-state index contributed by atoms with van der Waals surface area (Å²) in [6, 6.07) is 9.19. The minimum atomic E-state index is 0.869. The molecule has 0 radical (unpaired) electrons. The number of nitrogens with one attached hydrogen (secondary N) is 1. The van der Waals surface area contributed by atoms with E-state index in [0.29, 0.717) is 0 Å². The quantitative estimate of drug-likeness (QED) is 0.768. The van der Waals surface area contributed by atoms with Crippen LogP contribution in [0.15, 0.2) is 24.3 Å². The lowest BCUT2D eigenvalue weighted by Crippen LogP contribution is -2.11. The zero-order chi connectivity index (χ0) is 9.80. The molecule has 2 rings (SSSR count). The fourth-order valence-electron chi connectivity index (χ4n) is 1.97. The summed E-state index contributed by atoms with van der Waals surface area (Å²) in [5.74, 6) is 0.869. The van der Waals surface area contributed by atoms with Gasteiger partial charge in [0, 0.05) is 0 Å².